The summed E-state index contributed by atoms with van der Waals surface area (Å²) in [5, 5.41) is 19.4. The Balaban J connectivity index is 2.47. The number of hydrogen-bond acceptors (Lipinski definition) is 3. The van der Waals surface area contributed by atoms with Gasteiger partial charge in [0.25, 0.3) is 0 Å². The minimum absolute atomic E-state index is 0.234. The van der Waals surface area contributed by atoms with Crippen LogP contribution < -0.4 is 10.6 Å². The molecule has 0 unspecified atom stereocenters. The number of hydrogen-bond donors (Lipinski definition) is 3. The van der Waals surface area contributed by atoms with Crippen LogP contribution in [0, 0.1) is 6.92 Å². The van der Waals surface area contributed by atoms with E-state index in [1.807, 2.05) is 27.8 Å². The van der Waals surface area contributed by atoms with Gasteiger partial charge in [0.15, 0.2) is 5.82 Å². The van der Waals surface area contributed by atoms with Gasteiger partial charge in [-0.3, -0.25) is 10.00 Å². The summed E-state index contributed by atoms with van der Waals surface area (Å²) < 4.78 is 1.68. The zero-order valence-corrected chi connectivity index (χ0v) is 11.4. The summed E-state index contributed by atoms with van der Waals surface area (Å²) in [6.07, 6.45) is 1.21. The zero-order valence-electron chi connectivity index (χ0n) is 11.4. The third-order valence-corrected chi connectivity index (χ3v) is 3.25. The van der Waals surface area contributed by atoms with Crippen LogP contribution in [-0.2, 0) is 7.05 Å². The lowest BCUT2D eigenvalue weighted by Crippen LogP contribution is -2.43. The number of rotatable bonds is 5. The zero-order chi connectivity index (χ0) is 13.8. The molecule has 102 valence electrons. The van der Waals surface area contributed by atoms with E-state index in [1.165, 1.54) is 0 Å². The molecule has 0 aliphatic heterocycles. The van der Waals surface area contributed by atoms with Crippen LogP contribution in [-0.4, -0.2) is 33.1 Å². The van der Waals surface area contributed by atoms with Gasteiger partial charge >= 0.3 is 6.03 Å². The first-order chi connectivity index (χ1) is 8.40. The smallest absolute Gasteiger partial charge is 0.320 e. The van der Waals surface area contributed by atoms with E-state index in [0.29, 0.717) is 18.7 Å². The summed E-state index contributed by atoms with van der Waals surface area (Å²) in [5.74, 6) is 0.504. The number of carbonyl (C=O) groups is 1. The third-order valence-electron chi connectivity index (χ3n) is 3.25. The van der Waals surface area contributed by atoms with Crippen molar-refractivity contribution in [3.8, 4) is 0 Å². The quantitative estimate of drug-likeness (QED) is 0.743. The van der Waals surface area contributed by atoms with E-state index >= 15 is 0 Å². The normalized spacial score (nSPS) is 11.4. The molecule has 0 aromatic carbocycles. The summed E-state index contributed by atoms with van der Waals surface area (Å²) in [6.45, 7) is 5.93. The summed E-state index contributed by atoms with van der Waals surface area (Å²) in [7, 11) is 1.81. The molecule has 1 aromatic heterocycles. The maximum atomic E-state index is 11.6. The molecule has 2 amide bonds. The molecule has 0 saturated carbocycles. The van der Waals surface area contributed by atoms with Gasteiger partial charge in [0, 0.05) is 25.4 Å². The predicted molar refractivity (Wildman–Crippen MR) is 70.5 cm³/mol. The van der Waals surface area contributed by atoms with Crippen molar-refractivity contribution in [3.63, 3.8) is 0 Å². The van der Waals surface area contributed by atoms with Gasteiger partial charge in [-0.25, -0.2) is 4.79 Å². The number of carbonyl (C=O) groups excluding carboxylic acids is 1. The van der Waals surface area contributed by atoms with Crippen LogP contribution in [0.15, 0.2) is 6.07 Å². The van der Waals surface area contributed by atoms with Gasteiger partial charge in [-0.2, -0.15) is 5.10 Å². The molecule has 0 aliphatic rings. The Morgan fingerprint density at radius 2 is 2.11 bits per heavy atom. The van der Waals surface area contributed by atoms with Gasteiger partial charge in [0.05, 0.1) is 5.60 Å². The van der Waals surface area contributed by atoms with Crippen molar-refractivity contribution in [2.45, 2.75) is 39.2 Å². The number of amides is 2. The molecule has 1 aromatic rings. The highest BCUT2D eigenvalue weighted by Crippen LogP contribution is 2.13. The molecule has 6 heteroatoms. The first-order valence-electron chi connectivity index (χ1n) is 6.18. The lowest BCUT2D eigenvalue weighted by atomic mass is 9.98. The lowest BCUT2D eigenvalue weighted by molar-refractivity contribution is 0.0354. The second-order valence-electron chi connectivity index (χ2n) is 4.53. The molecular weight excluding hydrogens is 232 g/mol. The highest BCUT2D eigenvalue weighted by Gasteiger charge is 2.22. The van der Waals surface area contributed by atoms with Crippen LogP contribution in [0.2, 0.25) is 0 Å². The molecule has 1 rings (SSSR count). The first-order valence-corrected chi connectivity index (χ1v) is 6.18. The van der Waals surface area contributed by atoms with E-state index in [9.17, 15) is 9.90 Å². The Kier molecular flexibility index (Phi) is 4.72. The van der Waals surface area contributed by atoms with Crippen molar-refractivity contribution in [2.75, 3.05) is 11.9 Å². The van der Waals surface area contributed by atoms with Crippen molar-refractivity contribution >= 4 is 11.8 Å². The SMILES string of the molecule is CCC(O)(CC)CNC(=O)Nc1cc(C)n(C)n1. The van der Waals surface area contributed by atoms with Crippen LogP contribution in [0.25, 0.3) is 0 Å². The van der Waals surface area contributed by atoms with Gasteiger partial charge in [0.2, 0.25) is 0 Å². The average Bonchev–Trinajstić information content (AvgIpc) is 2.65. The van der Waals surface area contributed by atoms with Crippen LogP contribution >= 0.6 is 0 Å². The fourth-order valence-corrected chi connectivity index (χ4v) is 1.53. The van der Waals surface area contributed by atoms with Crippen molar-refractivity contribution in [3.05, 3.63) is 11.8 Å². The molecule has 6 nitrogen and oxygen atoms in total. The largest absolute Gasteiger partial charge is 0.388 e. The topological polar surface area (TPSA) is 79.2 Å². The first kappa shape index (κ1) is 14.5. The Morgan fingerprint density at radius 1 is 1.50 bits per heavy atom. The number of nitrogens with one attached hydrogen (secondary N) is 2. The molecular formula is C12H22N4O2. The summed E-state index contributed by atoms with van der Waals surface area (Å²) in [6, 6.07) is 1.43. The number of aliphatic hydroxyl groups is 1. The number of aromatic nitrogens is 2. The highest BCUT2D eigenvalue weighted by atomic mass is 16.3. The lowest BCUT2D eigenvalue weighted by Gasteiger charge is -2.25. The third kappa shape index (κ3) is 3.73. The molecule has 0 atom stereocenters. The van der Waals surface area contributed by atoms with Gasteiger partial charge < -0.3 is 10.4 Å². The predicted octanol–water partition coefficient (Wildman–Crippen LogP) is 1.40. The number of urea groups is 1. The van der Waals surface area contributed by atoms with Crippen LogP contribution in [0.5, 0.6) is 0 Å². The van der Waals surface area contributed by atoms with Crippen molar-refractivity contribution < 1.29 is 9.90 Å². The Labute approximate surface area is 107 Å². The highest BCUT2D eigenvalue weighted by molar-refractivity contribution is 5.88. The van der Waals surface area contributed by atoms with Gasteiger partial charge in [0.1, 0.15) is 0 Å². The Morgan fingerprint density at radius 3 is 2.56 bits per heavy atom. The summed E-state index contributed by atoms with van der Waals surface area (Å²) >= 11 is 0. The maximum absolute atomic E-state index is 11.6. The Bertz CT molecular complexity index is 391. The van der Waals surface area contributed by atoms with Crippen LogP contribution in [0.1, 0.15) is 32.4 Å². The Hall–Kier alpha value is -1.56. The molecule has 0 radical (unpaired) electrons. The second-order valence-corrected chi connectivity index (χ2v) is 4.53. The maximum Gasteiger partial charge on any atom is 0.320 e. The standard InChI is InChI=1S/C12H22N4O2/c1-5-12(18,6-2)8-13-11(17)14-10-7-9(3)16(4)15-10/h7,18H,5-6,8H2,1-4H3,(H2,13,14,15,17). The molecule has 18 heavy (non-hydrogen) atoms. The minimum atomic E-state index is -0.836. The molecule has 1 heterocycles. The molecule has 0 bridgehead atoms. The summed E-state index contributed by atoms with van der Waals surface area (Å²) in [4.78, 5) is 11.6. The van der Waals surface area contributed by atoms with E-state index in [0.717, 1.165) is 5.69 Å². The molecule has 0 spiro atoms. The van der Waals surface area contributed by atoms with E-state index in [-0.39, 0.29) is 12.6 Å². The molecule has 0 saturated heterocycles. The number of aryl methyl sites for hydroxylation is 2. The van der Waals surface area contributed by atoms with E-state index in [1.54, 1.807) is 10.7 Å². The van der Waals surface area contributed by atoms with E-state index in [4.69, 9.17) is 0 Å². The van der Waals surface area contributed by atoms with Gasteiger partial charge in [-0.1, -0.05) is 13.8 Å². The van der Waals surface area contributed by atoms with Crippen LogP contribution in [0.4, 0.5) is 10.6 Å². The molecule has 0 aliphatic carbocycles. The van der Waals surface area contributed by atoms with E-state index in [2.05, 4.69) is 15.7 Å². The number of anilines is 1. The van der Waals surface area contributed by atoms with Crippen molar-refractivity contribution in [2.24, 2.45) is 7.05 Å². The van der Waals surface area contributed by atoms with E-state index < -0.39 is 5.60 Å². The van der Waals surface area contributed by atoms with Gasteiger partial charge in [-0.15, -0.1) is 0 Å². The van der Waals surface area contributed by atoms with Crippen molar-refractivity contribution in [1.82, 2.24) is 15.1 Å². The van der Waals surface area contributed by atoms with Crippen LogP contribution in [0.3, 0.4) is 0 Å². The summed E-state index contributed by atoms with van der Waals surface area (Å²) in [5.41, 5.74) is 0.126. The monoisotopic (exact) mass is 254 g/mol. The fraction of sp³-hybridized carbons (Fsp3) is 0.667. The fourth-order valence-electron chi connectivity index (χ4n) is 1.53. The minimum Gasteiger partial charge on any atom is -0.388 e. The molecule has 0 fully saturated rings. The molecule has 3 N–H and O–H groups in total. The number of nitrogens with zero attached hydrogens (tertiary/aromatic N) is 2. The average molecular weight is 254 g/mol. The van der Waals surface area contributed by atoms with Gasteiger partial charge in [-0.05, 0) is 19.8 Å². The van der Waals surface area contributed by atoms with Crippen molar-refractivity contribution in [1.29, 1.82) is 0 Å². The second kappa shape index (κ2) is 5.86.